The monoisotopic (exact) mass is 448 g/mol. The van der Waals surface area contributed by atoms with E-state index >= 15 is 0 Å². The molecule has 27 heavy (non-hydrogen) atoms. The number of hydrogen-bond donors (Lipinski definition) is 0. The molecule has 1 saturated heterocycles. The average molecular weight is 449 g/mol. The summed E-state index contributed by atoms with van der Waals surface area (Å²) in [5.41, 5.74) is 0. The van der Waals surface area contributed by atoms with Gasteiger partial charge in [-0.05, 0) is 35.4 Å². The average Bonchev–Trinajstić information content (AvgIpc) is 3.23. The molecule has 0 radical (unpaired) electrons. The van der Waals surface area contributed by atoms with Gasteiger partial charge in [0.2, 0.25) is 11.1 Å². The Bertz CT molecular complexity index is 934. The largest absolute Gasteiger partial charge is 0.339 e. The summed E-state index contributed by atoms with van der Waals surface area (Å²) < 4.78 is 29.1. The van der Waals surface area contributed by atoms with Crippen LogP contribution in [0.5, 0.6) is 0 Å². The van der Waals surface area contributed by atoms with Crippen LogP contribution in [0.2, 0.25) is 4.34 Å². The molecule has 13 heteroatoms. The molecule has 2 aromatic heterocycles. The summed E-state index contributed by atoms with van der Waals surface area (Å²) in [7, 11) is -3.55. The lowest BCUT2D eigenvalue weighted by Crippen LogP contribution is -2.50. The predicted octanol–water partition coefficient (Wildman–Crippen LogP) is 1.35. The molecule has 0 atom stereocenters. The molecular formula is C14H17ClN6O3S3. The molecular weight excluding hydrogens is 432 g/mol. The van der Waals surface area contributed by atoms with Crippen LogP contribution >= 0.6 is 34.7 Å². The van der Waals surface area contributed by atoms with Gasteiger partial charge in [-0.3, -0.25) is 4.79 Å². The van der Waals surface area contributed by atoms with Crippen LogP contribution in [0, 0.1) is 0 Å². The van der Waals surface area contributed by atoms with E-state index in [9.17, 15) is 13.2 Å². The maximum absolute atomic E-state index is 12.6. The van der Waals surface area contributed by atoms with E-state index in [1.54, 1.807) is 15.6 Å². The summed E-state index contributed by atoms with van der Waals surface area (Å²) in [5, 5.41) is 12.3. The number of piperazine rings is 1. The van der Waals surface area contributed by atoms with Crippen molar-refractivity contribution in [2.24, 2.45) is 0 Å². The molecule has 0 spiro atoms. The third-order valence-electron chi connectivity index (χ3n) is 4.41. The molecule has 9 nitrogen and oxygen atoms in total. The molecule has 0 N–H and O–H groups in total. The molecule has 2 fully saturated rings. The second-order valence-corrected chi connectivity index (χ2v) is 11.1. The second kappa shape index (κ2) is 7.66. The van der Waals surface area contributed by atoms with Crippen LogP contribution in [-0.2, 0) is 14.8 Å². The van der Waals surface area contributed by atoms with Crippen molar-refractivity contribution >= 4 is 50.6 Å². The Morgan fingerprint density at radius 1 is 1.26 bits per heavy atom. The number of carbonyl (C=O) groups excluding carboxylic acids is 1. The predicted molar refractivity (Wildman–Crippen MR) is 101 cm³/mol. The van der Waals surface area contributed by atoms with Crippen LogP contribution in [0.4, 0.5) is 0 Å². The highest BCUT2D eigenvalue weighted by Gasteiger charge is 2.32. The van der Waals surface area contributed by atoms with Crippen molar-refractivity contribution < 1.29 is 13.2 Å². The minimum atomic E-state index is -3.55. The molecule has 0 aromatic carbocycles. The van der Waals surface area contributed by atoms with Gasteiger partial charge in [0.1, 0.15) is 4.21 Å². The fourth-order valence-electron chi connectivity index (χ4n) is 2.79. The lowest BCUT2D eigenvalue weighted by Gasteiger charge is -2.33. The van der Waals surface area contributed by atoms with Gasteiger partial charge >= 0.3 is 0 Å². The summed E-state index contributed by atoms with van der Waals surface area (Å²) >= 11 is 8.21. The van der Waals surface area contributed by atoms with Crippen LogP contribution in [-0.4, -0.2) is 75.7 Å². The van der Waals surface area contributed by atoms with Crippen molar-refractivity contribution in [1.82, 2.24) is 29.4 Å². The van der Waals surface area contributed by atoms with Gasteiger partial charge in [0, 0.05) is 26.2 Å². The van der Waals surface area contributed by atoms with Gasteiger partial charge < -0.3 is 4.90 Å². The SMILES string of the molecule is O=C(CSc1nnnn1C1CC1)N1CCN(S(=O)(=O)c2ccc(Cl)s2)CC1. The number of sulfonamides is 1. The molecule has 4 rings (SSSR count). The van der Waals surface area contributed by atoms with Gasteiger partial charge in [0.25, 0.3) is 10.0 Å². The fourth-order valence-corrected chi connectivity index (χ4v) is 6.69. The quantitative estimate of drug-likeness (QED) is 0.614. The normalized spacial score (nSPS) is 18.8. The van der Waals surface area contributed by atoms with E-state index in [1.807, 2.05) is 0 Å². The van der Waals surface area contributed by atoms with Gasteiger partial charge in [-0.15, -0.1) is 16.4 Å². The maximum Gasteiger partial charge on any atom is 0.252 e. The zero-order valence-corrected chi connectivity index (χ0v) is 17.4. The van der Waals surface area contributed by atoms with Crippen molar-refractivity contribution in [3.05, 3.63) is 16.5 Å². The highest BCUT2D eigenvalue weighted by molar-refractivity contribution is 7.99. The first kappa shape index (κ1) is 19.1. The first-order valence-electron chi connectivity index (χ1n) is 8.39. The molecule has 1 amide bonds. The Kier molecular flexibility index (Phi) is 5.43. The summed E-state index contributed by atoms with van der Waals surface area (Å²) in [6.45, 7) is 1.28. The van der Waals surface area contributed by atoms with Crippen LogP contribution < -0.4 is 0 Å². The molecule has 1 aliphatic carbocycles. The van der Waals surface area contributed by atoms with Crippen molar-refractivity contribution in [2.75, 3.05) is 31.9 Å². The Balaban J connectivity index is 1.31. The number of hydrogen-bond acceptors (Lipinski definition) is 8. The molecule has 0 bridgehead atoms. The van der Waals surface area contributed by atoms with E-state index in [2.05, 4.69) is 15.5 Å². The molecule has 1 aliphatic heterocycles. The molecule has 0 unspecified atom stereocenters. The van der Waals surface area contributed by atoms with E-state index in [-0.39, 0.29) is 29.0 Å². The molecule has 2 aliphatic rings. The number of amides is 1. The Morgan fingerprint density at radius 3 is 2.63 bits per heavy atom. The highest BCUT2D eigenvalue weighted by Crippen LogP contribution is 2.36. The lowest BCUT2D eigenvalue weighted by atomic mass is 10.3. The number of thiophene rings is 1. The summed E-state index contributed by atoms with van der Waals surface area (Å²) in [6.07, 6.45) is 2.14. The molecule has 1 saturated carbocycles. The van der Waals surface area contributed by atoms with E-state index < -0.39 is 10.0 Å². The summed E-state index contributed by atoms with van der Waals surface area (Å²) in [4.78, 5) is 14.1. The van der Waals surface area contributed by atoms with Crippen molar-refractivity contribution in [1.29, 1.82) is 0 Å². The zero-order chi connectivity index (χ0) is 19.0. The van der Waals surface area contributed by atoms with E-state index in [0.717, 1.165) is 24.2 Å². The van der Waals surface area contributed by atoms with Crippen molar-refractivity contribution in [3.8, 4) is 0 Å². The third kappa shape index (κ3) is 4.14. The first-order valence-corrected chi connectivity index (χ1v) is 12.0. The minimum absolute atomic E-state index is 0.0402. The Labute approximate surface area is 169 Å². The number of thioether (sulfide) groups is 1. The van der Waals surface area contributed by atoms with Crippen LogP contribution in [0.15, 0.2) is 21.5 Å². The second-order valence-electron chi connectivity index (χ2n) is 6.27. The van der Waals surface area contributed by atoms with Crippen molar-refractivity contribution in [2.45, 2.75) is 28.2 Å². The molecule has 2 aromatic rings. The van der Waals surface area contributed by atoms with Gasteiger partial charge in [0.15, 0.2) is 0 Å². The molecule has 146 valence electrons. The lowest BCUT2D eigenvalue weighted by molar-refractivity contribution is -0.129. The Morgan fingerprint density at radius 2 is 2.00 bits per heavy atom. The number of aromatic nitrogens is 4. The topological polar surface area (TPSA) is 101 Å². The Hall–Kier alpha value is -1.21. The highest BCUT2D eigenvalue weighted by atomic mass is 35.5. The first-order chi connectivity index (χ1) is 12.9. The zero-order valence-electron chi connectivity index (χ0n) is 14.2. The molecule has 3 heterocycles. The van der Waals surface area contributed by atoms with E-state index in [0.29, 0.717) is 28.6 Å². The number of halogens is 1. The fraction of sp³-hybridized carbons (Fsp3) is 0.571. The standard InChI is InChI=1S/C14H17ClN6O3S3/c15-11-3-4-13(26-11)27(23,24)20-7-5-19(6-8-20)12(22)9-25-14-16-17-18-21(14)10-1-2-10/h3-4,10H,1-2,5-9H2. The van der Waals surface area contributed by atoms with Crippen molar-refractivity contribution in [3.63, 3.8) is 0 Å². The minimum Gasteiger partial charge on any atom is -0.339 e. The number of carbonyl (C=O) groups is 1. The summed E-state index contributed by atoms with van der Waals surface area (Å²) in [5.74, 6) is 0.196. The van der Waals surface area contributed by atoms with E-state index in [4.69, 9.17) is 11.6 Å². The summed E-state index contributed by atoms with van der Waals surface area (Å²) in [6, 6.07) is 3.45. The number of nitrogens with zero attached hydrogens (tertiary/aromatic N) is 6. The maximum atomic E-state index is 12.6. The smallest absolute Gasteiger partial charge is 0.252 e. The number of tetrazole rings is 1. The van der Waals surface area contributed by atoms with Gasteiger partial charge in [-0.1, -0.05) is 23.4 Å². The van der Waals surface area contributed by atoms with Gasteiger partial charge in [-0.2, -0.15) is 4.31 Å². The van der Waals surface area contributed by atoms with E-state index in [1.165, 1.54) is 22.1 Å². The van der Waals surface area contributed by atoms with Gasteiger partial charge in [-0.25, -0.2) is 13.1 Å². The van der Waals surface area contributed by atoms with Crippen LogP contribution in [0.3, 0.4) is 0 Å². The number of rotatable bonds is 6. The van der Waals surface area contributed by atoms with Gasteiger partial charge in [0.05, 0.1) is 16.1 Å². The third-order valence-corrected chi connectivity index (χ3v) is 8.93. The van der Waals surface area contributed by atoms with Crippen LogP contribution in [0.1, 0.15) is 18.9 Å². The van der Waals surface area contributed by atoms with Crippen LogP contribution in [0.25, 0.3) is 0 Å².